The normalized spacial score (nSPS) is 10.3. The van der Waals surface area contributed by atoms with Crippen LogP contribution in [0.1, 0.15) is 17.3 Å². The number of nitrogens with zero attached hydrogens (tertiary/aromatic N) is 1. The van der Waals surface area contributed by atoms with Gasteiger partial charge in [-0.15, -0.1) is 11.3 Å². The monoisotopic (exact) mass is 339 g/mol. The Balaban J connectivity index is 2.43. The van der Waals surface area contributed by atoms with Gasteiger partial charge in [0.05, 0.1) is 5.56 Å². The molecular formula is C14H14FN3O2S2. The summed E-state index contributed by atoms with van der Waals surface area (Å²) < 4.78 is 14.0. The smallest absolute Gasteiger partial charge is 0.332 e. The van der Waals surface area contributed by atoms with Crippen LogP contribution >= 0.6 is 24.2 Å². The van der Waals surface area contributed by atoms with Crippen LogP contribution in [0.5, 0.6) is 0 Å². The molecule has 1 aromatic heterocycles. The van der Waals surface area contributed by atoms with E-state index in [1.165, 1.54) is 23.5 Å². The van der Waals surface area contributed by atoms with Gasteiger partial charge < -0.3 is 11.1 Å². The summed E-state index contributed by atoms with van der Waals surface area (Å²) in [6.45, 7) is 2.20. The fraction of sp³-hybridized carbons (Fsp3) is 0.143. The molecule has 0 atom stereocenters. The molecule has 2 rings (SSSR count). The Labute approximate surface area is 136 Å². The van der Waals surface area contributed by atoms with Crippen molar-refractivity contribution < 1.29 is 14.0 Å². The van der Waals surface area contributed by atoms with E-state index in [1.807, 2.05) is 0 Å². The number of rotatable bonds is 4. The number of hydrogen-bond acceptors (Lipinski definition) is 4. The number of hydrogen-bond donors (Lipinski definition) is 3. The van der Waals surface area contributed by atoms with Crippen molar-refractivity contribution in [2.45, 2.75) is 6.92 Å². The molecule has 0 aliphatic rings. The summed E-state index contributed by atoms with van der Waals surface area (Å²) in [7, 11) is 0. The van der Waals surface area contributed by atoms with E-state index in [-0.39, 0.29) is 11.4 Å². The molecule has 3 amide bonds. The van der Waals surface area contributed by atoms with Gasteiger partial charge in [-0.25, -0.2) is 13.5 Å². The zero-order chi connectivity index (χ0) is 16.3. The van der Waals surface area contributed by atoms with Gasteiger partial charge in [0.25, 0.3) is 5.91 Å². The van der Waals surface area contributed by atoms with Gasteiger partial charge in [-0.3, -0.25) is 4.79 Å². The van der Waals surface area contributed by atoms with Crippen molar-refractivity contribution in [2.75, 3.05) is 10.8 Å². The number of nitrogens with one attached hydrogen (secondary N) is 1. The molecule has 1 aromatic carbocycles. The molecule has 0 fully saturated rings. The lowest BCUT2D eigenvalue weighted by Gasteiger charge is -2.14. The molecule has 0 aliphatic heterocycles. The van der Waals surface area contributed by atoms with Gasteiger partial charge in [-0.1, -0.05) is 24.9 Å². The Bertz CT molecular complexity index is 701. The minimum atomic E-state index is -0.664. The lowest BCUT2D eigenvalue weighted by atomic mass is 10.1. The summed E-state index contributed by atoms with van der Waals surface area (Å²) in [5.41, 5.74) is 6.26. The second-order valence-electron chi connectivity index (χ2n) is 4.35. The van der Waals surface area contributed by atoms with Crippen LogP contribution < -0.4 is 15.4 Å². The van der Waals surface area contributed by atoms with Crippen LogP contribution in [0.4, 0.5) is 14.2 Å². The third-order valence-electron chi connectivity index (χ3n) is 2.82. The number of benzene rings is 1. The second kappa shape index (κ2) is 6.80. The molecule has 116 valence electrons. The highest BCUT2D eigenvalue weighted by atomic mass is 32.1. The molecule has 8 heteroatoms. The molecule has 0 saturated heterocycles. The number of primary amides is 1. The van der Waals surface area contributed by atoms with Crippen LogP contribution in [0, 0.1) is 5.82 Å². The first-order valence-electron chi connectivity index (χ1n) is 6.40. The Morgan fingerprint density at radius 3 is 2.55 bits per heavy atom. The Morgan fingerprint density at radius 1 is 1.36 bits per heavy atom. The van der Waals surface area contributed by atoms with Gasteiger partial charge in [-0.05, 0) is 30.7 Å². The van der Waals surface area contributed by atoms with Crippen molar-refractivity contribution in [1.82, 2.24) is 5.32 Å². The third kappa shape index (κ3) is 3.40. The minimum Gasteiger partial charge on any atom is -0.366 e. The maximum Gasteiger partial charge on any atom is 0.332 e. The van der Waals surface area contributed by atoms with Crippen molar-refractivity contribution >= 4 is 41.1 Å². The number of carbonyl (C=O) groups is 2. The number of anilines is 1. The number of thiophene rings is 1. The van der Waals surface area contributed by atoms with Gasteiger partial charge in [-0.2, -0.15) is 0 Å². The summed E-state index contributed by atoms with van der Waals surface area (Å²) >= 11 is 5.29. The van der Waals surface area contributed by atoms with Crippen molar-refractivity contribution in [3.63, 3.8) is 0 Å². The van der Waals surface area contributed by atoms with E-state index in [4.69, 9.17) is 5.73 Å². The van der Waals surface area contributed by atoms with E-state index < -0.39 is 11.9 Å². The van der Waals surface area contributed by atoms with E-state index in [1.54, 1.807) is 25.1 Å². The zero-order valence-corrected chi connectivity index (χ0v) is 13.4. The van der Waals surface area contributed by atoms with Crippen LogP contribution in [0.2, 0.25) is 0 Å². The van der Waals surface area contributed by atoms with Crippen LogP contribution in [-0.2, 0) is 0 Å². The standard InChI is InChI=1S/C14H14FN3O2S2/c1-2-17-14(20)18(21)13-10(12(16)19)7-11(22-13)8-3-5-9(15)6-4-8/h3-7,21H,2H2,1H3,(H2,16,19)(H,17,20). The summed E-state index contributed by atoms with van der Waals surface area (Å²) in [6.07, 6.45) is 0. The van der Waals surface area contributed by atoms with Crippen LogP contribution in [0.3, 0.4) is 0 Å². The molecular weight excluding hydrogens is 325 g/mol. The predicted octanol–water partition coefficient (Wildman–Crippen LogP) is 3.03. The summed E-state index contributed by atoms with van der Waals surface area (Å²) in [5, 5.41) is 2.90. The Kier molecular flexibility index (Phi) is 5.04. The lowest BCUT2D eigenvalue weighted by Crippen LogP contribution is -2.34. The van der Waals surface area contributed by atoms with Gasteiger partial charge in [0.1, 0.15) is 10.8 Å². The molecule has 0 spiro atoms. The highest BCUT2D eigenvalue weighted by molar-refractivity contribution is 7.83. The number of thiol groups is 1. The van der Waals surface area contributed by atoms with Gasteiger partial charge >= 0.3 is 6.03 Å². The maximum absolute atomic E-state index is 13.0. The summed E-state index contributed by atoms with van der Waals surface area (Å²) in [6, 6.07) is 6.93. The second-order valence-corrected chi connectivity index (χ2v) is 5.78. The van der Waals surface area contributed by atoms with E-state index in [0.717, 1.165) is 9.87 Å². The largest absolute Gasteiger partial charge is 0.366 e. The summed E-state index contributed by atoms with van der Waals surface area (Å²) in [4.78, 5) is 24.1. The van der Waals surface area contributed by atoms with E-state index in [9.17, 15) is 14.0 Å². The molecule has 0 saturated carbocycles. The lowest BCUT2D eigenvalue weighted by molar-refractivity contribution is 0.100. The Hall–Kier alpha value is -2.06. The molecule has 0 bridgehead atoms. The van der Waals surface area contributed by atoms with Crippen molar-refractivity contribution in [3.05, 3.63) is 41.7 Å². The molecule has 0 aliphatic carbocycles. The first-order chi connectivity index (χ1) is 10.4. The highest BCUT2D eigenvalue weighted by Gasteiger charge is 2.22. The van der Waals surface area contributed by atoms with Crippen LogP contribution in [0.25, 0.3) is 10.4 Å². The molecule has 5 nitrogen and oxygen atoms in total. The average Bonchev–Trinajstić information content (AvgIpc) is 2.92. The first-order valence-corrected chi connectivity index (χ1v) is 7.62. The van der Waals surface area contributed by atoms with Crippen molar-refractivity contribution in [3.8, 4) is 10.4 Å². The number of urea groups is 1. The SMILES string of the molecule is CCNC(=O)N(S)c1sc(-c2ccc(F)cc2)cc1C(N)=O. The topological polar surface area (TPSA) is 75.4 Å². The highest BCUT2D eigenvalue weighted by Crippen LogP contribution is 2.38. The van der Waals surface area contributed by atoms with E-state index >= 15 is 0 Å². The first kappa shape index (κ1) is 16.3. The third-order valence-corrected chi connectivity index (χ3v) is 4.51. The molecule has 1 heterocycles. The number of amides is 3. The molecule has 3 N–H and O–H groups in total. The fourth-order valence-electron chi connectivity index (χ4n) is 1.79. The average molecular weight is 339 g/mol. The number of nitrogens with two attached hydrogens (primary N) is 1. The molecule has 2 aromatic rings. The van der Waals surface area contributed by atoms with Gasteiger partial charge in [0.2, 0.25) is 0 Å². The van der Waals surface area contributed by atoms with Crippen molar-refractivity contribution in [2.24, 2.45) is 5.73 Å². The van der Waals surface area contributed by atoms with Crippen LogP contribution in [-0.4, -0.2) is 18.5 Å². The van der Waals surface area contributed by atoms with Crippen molar-refractivity contribution in [1.29, 1.82) is 0 Å². The number of halogens is 1. The zero-order valence-electron chi connectivity index (χ0n) is 11.7. The predicted molar refractivity (Wildman–Crippen MR) is 88.8 cm³/mol. The van der Waals surface area contributed by atoms with Gasteiger partial charge in [0.15, 0.2) is 0 Å². The molecule has 0 unspecified atom stereocenters. The fourth-order valence-corrected chi connectivity index (χ4v) is 3.17. The van der Waals surface area contributed by atoms with E-state index in [2.05, 4.69) is 18.1 Å². The van der Waals surface area contributed by atoms with Gasteiger partial charge in [0, 0.05) is 11.4 Å². The maximum atomic E-state index is 13.0. The molecule has 22 heavy (non-hydrogen) atoms. The van der Waals surface area contributed by atoms with E-state index in [0.29, 0.717) is 16.4 Å². The van der Waals surface area contributed by atoms with Crippen LogP contribution in [0.15, 0.2) is 30.3 Å². The summed E-state index contributed by atoms with van der Waals surface area (Å²) in [5.74, 6) is -1.02. The number of carbonyl (C=O) groups excluding carboxylic acids is 2. The quantitative estimate of drug-likeness (QED) is 0.749. The Morgan fingerprint density at radius 2 is 2.00 bits per heavy atom. The molecule has 0 radical (unpaired) electrons. The minimum absolute atomic E-state index is 0.186.